The number of benzene rings is 1. The number of rotatable bonds is 8. The van der Waals surface area contributed by atoms with Gasteiger partial charge in [0.1, 0.15) is 42.3 Å². The number of nitro groups is 1. The fourth-order valence-electron chi connectivity index (χ4n) is 4.31. The average Bonchev–Trinajstić information content (AvgIpc) is 3.33. The lowest BCUT2D eigenvalue weighted by Crippen LogP contribution is -2.38. The molecule has 0 radical (unpaired) electrons. The van der Waals surface area contributed by atoms with Gasteiger partial charge in [-0.15, -0.1) is 13.2 Å². The molecule has 38 heavy (non-hydrogen) atoms. The van der Waals surface area contributed by atoms with Crippen LogP contribution in [0.15, 0.2) is 48.8 Å². The van der Waals surface area contributed by atoms with Crippen LogP contribution in [-0.2, 0) is 17.9 Å². The number of nitrogens with zero attached hydrogens (tertiary/aromatic N) is 5. The van der Waals surface area contributed by atoms with E-state index in [0.717, 1.165) is 24.2 Å². The van der Waals surface area contributed by atoms with Crippen molar-refractivity contribution in [3.8, 4) is 17.5 Å². The SMILES string of the molecule is O=[N+]([O-])c1cn2c(n1)OC[C@@H](OCc1ccnc(N3CCC(Oc4ccc(OC(F)(F)F)cc4)CC3)c1)C2. The topological polar surface area (TPSA) is 114 Å². The number of aromatic nitrogens is 3. The van der Waals surface area contributed by atoms with Crippen molar-refractivity contribution < 1.29 is 37.0 Å². The zero-order valence-corrected chi connectivity index (χ0v) is 20.0. The Morgan fingerprint density at radius 2 is 1.84 bits per heavy atom. The number of anilines is 1. The molecule has 2 aliphatic heterocycles. The summed E-state index contributed by atoms with van der Waals surface area (Å²) in [6.07, 6.45) is -0.579. The van der Waals surface area contributed by atoms with Crippen molar-refractivity contribution in [2.45, 2.75) is 44.6 Å². The third kappa shape index (κ3) is 6.43. The van der Waals surface area contributed by atoms with E-state index in [9.17, 15) is 23.3 Å². The van der Waals surface area contributed by atoms with Crippen LogP contribution in [0.4, 0.5) is 24.8 Å². The van der Waals surface area contributed by atoms with E-state index in [4.69, 9.17) is 14.2 Å². The molecule has 5 rings (SSSR count). The van der Waals surface area contributed by atoms with E-state index in [2.05, 4.69) is 19.6 Å². The number of piperidine rings is 1. The number of alkyl halides is 3. The van der Waals surface area contributed by atoms with E-state index in [1.54, 1.807) is 10.8 Å². The molecule has 3 aromatic rings. The maximum absolute atomic E-state index is 12.3. The first-order valence-corrected chi connectivity index (χ1v) is 11.9. The lowest BCUT2D eigenvalue weighted by molar-refractivity contribution is -0.389. The summed E-state index contributed by atoms with van der Waals surface area (Å²) in [5.74, 6) is 0.744. The zero-order valence-electron chi connectivity index (χ0n) is 20.0. The summed E-state index contributed by atoms with van der Waals surface area (Å²) in [6, 6.07) is 9.42. The van der Waals surface area contributed by atoms with Crippen LogP contribution in [0.5, 0.6) is 17.5 Å². The fraction of sp³-hybridized carbons (Fsp3) is 0.417. The molecule has 1 saturated heterocycles. The maximum atomic E-state index is 12.3. The first kappa shape index (κ1) is 25.6. The van der Waals surface area contributed by atoms with Crippen LogP contribution in [0.1, 0.15) is 18.4 Å². The second-order valence-corrected chi connectivity index (χ2v) is 8.88. The van der Waals surface area contributed by atoms with E-state index in [0.29, 0.717) is 32.0 Å². The van der Waals surface area contributed by atoms with Crippen LogP contribution in [0, 0.1) is 10.1 Å². The molecule has 2 aliphatic rings. The van der Waals surface area contributed by atoms with Crippen LogP contribution in [0.3, 0.4) is 0 Å². The van der Waals surface area contributed by atoms with Gasteiger partial charge < -0.3 is 34.0 Å². The molecule has 0 aliphatic carbocycles. The molecule has 1 fully saturated rings. The molecule has 202 valence electrons. The minimum absolute atomic E-state index is 0.0673. The highest BCUT2D eigenvalue weighted by atomic mass is 19.4. The van der Waals surface area contributed by atoms with E-state index in [-0.39, 0.29) is 36.4 Å². The number of fused-ring (bicyclic) bond motifs is 1. The monoisotopic (exact) mass is 535 g/mol. The van der Waals surface area contributed by atoms with Gasteiger partial charge in [0.2, 0.25) is 0 Å². The van der Waals surface area contributed by atoms with E-state index in [1.807, 2.05) is 12.1 Å². The second-order valence-electron chi connectivity index (χ2n) is 8.88. The Hall–Kier alpha value is -4.07. The number of hydrogen-bond acceptors (Lipinski definition) is 9. The lowest BCUT2D eigenvalue weighted by Gasteiger charge is -2.33. The summed E-state index contributed by atoms with van der Waals surface area (Å²) in [4.78, 5) is 20.8. The molecule has 1 aromatic carbocycles. The number of pyridine rings is 1. The van der Waals surface area contributed by atoms with Gasteiger partial charge in [-0.05, 0) is 46.9 Å². The fourth-order valence-corrected chi connectivity index (χ4v) is 4.31. The Bertz CT molecular complexity index is 1260. The predicted molar refractivity (Wildman–Crippen MR) is 126 cm³/mol. The number of ether oxygens (including phenoxy) is 4. The van der Waals surface area contributed by atoms with Crippen LogP contribution < -0.4 is 19.1 Å². The molecule has 0 spiro atoms. The first-order valence-electron chi connectivity index (χ1n) is 11.9. The molecule has 11 nitrogen and oxygen atoms in total. The van der Waals surface area contributed by atoms with Gasteiger partial charge in [-0.25, -0.2) is 4.98 Å². The van der Waals surface area contributed by atoms with Crippen molar-refractivity contribution in [2.24, 2.45) is 0 Å². The predicted octanol–water partition coefficient (Wildman–Crippen LogP) is 4.11. The minimum atomic E-state index is -4.73. The van der Waals surface area contributed by atoms with Gasteiger partial charge in [0.15, 0.2) is 0 Å². The Balaban J connectivity index is 1.09. The Labute approximate surface area is 214 Å². The van der Waals surface area contributed by atoms with Gasteiger partial charge >= 0.3 is 18.2 Å². The van der Waals surface area contributed by atoms with Crippen LogP contribution >= 0.6 is 0 Å². The number of imidazole rings is 1. The molecule has 1 atom stereocenters. The third-order valence-corrected chi connectivity index (χ3v) is 6.13. The van der Waals surface area contributed by atoms with Gasteiger partial charge in [0.05, 0.1) is 13.2 Å². The summed E-state index contributed by atoms with van der Waals surface area (Å²) in [7, 11) is 0. The molecule has 0 bridgehead atoms. The van der Waals surface area contributed by atoms with Crippen molar-refractivity contribution in [2.75, 3.05) is 24.6 Å². The van der Waals surface area contributed by atoms with Gasteiger partial charge in [0.25, 0.3) is 0 Å². The zero-order chi connectivity index (χ0) is 26.7. The molecular formula is C24H24F3N5O6. The van der Waals surface area contributed by atoms with Crippen LogP contribution in [-0.4, -0.2) is 57.7 Å². The van der Waals surface area contributed by atoms with Gasteiger partial charge in [-0.1, -0.05) is 0 Å². The molecule has 0 N–H and O–H groups in total. The van der Waals surface area contributed by atoms with Gasteiger partial charge in [0, 0.05) is 37.1 Å². The first-order chi connectivity index (χ1) is 18.2. The second kappa shape index (κ2) is 10.7. The normalized spacial score (nSPS) is 18.0. The van der Waals surface area contributed by atoms with Crippen molar-refractivity contribution in [1.29, 1.82) is 0 Å². The average molecular weight is 535 g/mol. The lowest BCUT2D eigenvalue weighted by atomic mass is 10.1. The van der Waals surface area contributed by atoms with E-state index in [1.165, 1.54) is 30.5 Å². The molecule has 2 aromatic heterocycles. The molecule has 14 heteroatoms. The number of halogens is 3. The maximum Gasteiger partial charge on any atom is 0.573 e. The summed E-state index contributed by atoms with van der Waals surface area (Å²) >= 11 is 0. The third-order valence-electron chi connectivity index (χ3n) is 6.13. The Kier molecular flexibility index (Phi) is 7.22. The van der Waals surface area contributed by atoms with Gasteiger partial charge in [-0.3, -0.25) is 4.57 Å². The van der Waals surface area contributed by atoms with Crippen LogP contribution in [0.2, 0.25) is 0 Å². The highest BCUT2D eigenvalue weighted by Crippen LogP contribution is 2.28. The quantitative estimate of drug-likeness (QED) is 0.311. The molecule has 4 heterocycles. The van der Waals surface area contributed by atoms with Crippen molar-refractivity contribution >= 4 is 11.6 Å². The summed E-state index contributed by atoms with van der Waals surface area (Å²) < 4.78 is 59.8. The molecule has 0 saturated carbocycles. The molecule has 0 unspecified atom stereocenters. The molecular weight excluding hydrogens is 511 g/mol. The summed E-state index contributed by atoms with van der Waals surface area (Å²) in [5.41, 5.74) is 0.928. The largest absolute Gasteiger partial charge is 0.573 e. The van der Waals surface area contributed by atoms with Crippen molar-refractivity contribution in [3.63, 3.8) is 0 Å². The highest BCUT2D eigenvalue weighted by molar-refractivity contribution is 5.41. The van der Waals surface area contributed by atoms with E-state index >= 15 is 0 Å². The van der Waals surface area contributed by atoms with Crippen molar-refractivity contribution in [3.05, 3.63) is 64.5 Å². The Morgan fingerprint density at radius 3 is 2.55 bits per heavy atom. The van der Waals surface area contributed by atoms with Crippen molar-refractivity contribution in [1.82, 2.24) is 14.5 Å². The molecule has 0 amide bonds. The standard InChI is InChI=1S/C24H24F3N5O6/c25-24(26,27)38-19-3-1-17(2-4-19)37-18-6-9-30(10-7-18)21-11-16(5-8-28-21)14-35-20-12-31-13-22(32(33)34)29-23(31)36-15-20/h1-5,8,11,13,18,20H,6-7,9-10,12,14-15H2/t20-/m0/s1. The van der Waals surface area contributed by atoms with Gasteiger partial charge in [-0.2, -0.15) is 0 Å². The summed E-state index contributed by atoms with van der Waals surface area (Å²) in [5, 5.41) is 10.9. The van der Waals surface area contributed by atoms with Crippen LogP contribution in [0.25, 0.3) is 0 Å². The number of hydrogen-bond donors (Lipinski definition) is 0. The summed E-state index contributed by atoms with van der Waals surface area (Å²) in [6.45, 7) is 2.38. The smallest absolute Gasteiger partial charge is 0.490 e. The highest BCUT2D eigenvalue weighted by Gasteiger charge is 2.31. The Morgan fingerprint density at radius 1 is 1.11 bits per heavy atom. The minimum Gasteiger partial charge on any atom is -0.490 e. The van der Waals surface area contributed by atoms with E-state index < -0.39 is 11.3 Å².